The standard InChI is InChI=1S/C16H19NO3/c1-3-20-11(2)10-17-16(19)14-8-12-6-4-5-7-13(12)9-15(14)18/h4-9,11,18H,3,10H2,1-2H3,(H,17,19). The van der Waals surface area contributed by atoms with Gasteiger partial charge in [-0.25, -0.2) is 0 Å². The first kappa shape index (κ1) is 14.3. The lowest BCUT2D eigenvalue weighted by molar-refractivity contribution is 0.0694. The van der Waals surface area contributed by atoms with Gasteiger partial charge in [0.2, 0.25) is 0 Å². The Morgan fingerprint density at radius 1 is 1.30 bits per heavy atom. The number of amides is 1. The highest BCUT2D eigenvalue weighted by Crippen LogP contribution is 2.24. The van der Waals surface area contributed by atoms with Gasteiger partial charge in [0.1, 0.15) is 5.75 Å². The van der Waals surface area contributed by atoms with Crippen LogP contribution < -0.4 is 5.32 Å². The number of nitrogens with one attached hydrogen (secondary N) is 1. The SMILES string of the molecule is CCOC(C)CNC(=O)c1cc2ccccc2cc1O. The predicted molar refractivity (Wildman–Crippen MR) is 79.0 cm³/mol. The Balaban J connectivity index is 2.15. The Hall–Kier alpha value is -2.07. The number of carbonyl (C=O) groups excluding carboxylic acids is 1. The first-order chi connectivity index (χ1) is 9.61. The van der Waals surface area contributed by atoms with Crippen LogP contribution in [0.3, 0.4) is 0 Å². The fraction of sp³-hybridized carbons (Fsp3) is 0.312. The van der Waals surface area contributed by atoms with Crippen LogP contribution in [0.5, 0.6) is 5.75 Å². The van der Waals surface area contributed by atoms with Crippen molar-refractivity contribution in [2.45, 2.75) is 20.0 Å². The summed E-state index contributed by atoms with van der Waals surface area (Å²) in [5.41, 5.74) is 0.285. The molecular formula is C16H19NO3. The summed E-state index contributed by atoms with van der Waals surface area (Å²) in [6.07, 6.45) is -0.0495. The molecule has 2 aromatic carbocycles. The van der Waals surface area contributed by atoms with Gasteiger partial charge in [0.15, 0.2) is 0 Å². The summed E-state index contributed by atoms with van der Waals surface area (Å²) in [4.78, 5) is 12.1. The second-order valence-electron chi connectivity index (χ2n) is 4.69. The molecule has 1 atom stereocenters. The second kappa shape index (κ2) is 6.39. The quantitative estimate of drug-likeness (QED) is 0.880. The first-order valence-electron chi connectivity index (χ1n) is 6.73. The highest BCUT2D eigenvalue weighted by Gasteiger charge is 2.13. The van der Waals surface area contributed by atoms with Gasteiger partial charge in [-0.15, -0.1) is 0 Å². The number of benzene rings is 2. The molecule has 0 saturated carbocycles. The lowest BCUT2D eigenvalue weighted by Gasteiger charge is -2.13. The molecule has 0 bridgehead atoms. The molecule has 2 aromatic rings. The number of phenols is 1. The molecule has 0 aliphatic carbocycles. The normalized spacial score (nSPS) is 12.3. The summed E-state index contributed by atoms with van der Waals surface area (Å²) in [5.74, 6) is -0.301. The summed E-state index contributed by atoms with van der Waals surface area (Å²) < 4.78 is 5.35. The van der Waals surface area contributed by atoms with Gasteiger partial charge in [0, 0.05) is 13.2 Å². The van der Waals surface area contributed by atoms with Gasteiger partial charge in [-0.05, 0) is 36.8 Å². The van der Waals surface area contributed by atoms with E-state index in [1.807, 2.05) is 38.1 Å². The number of hydrogen-bond acceptors (Lipinski definition) is 3. The summed E-state index contributed by atoms with van der Waals surface area (Å²) in [5, 5.41) is 14.6. The van der Waals surface area contributed by atoms with Crippen molar-refractivity contribution in [1.82, 2.24) is 5.32 Å². The molecule has 1 amide bonds. The van der Waals surface area contributed by atoms with Crippen LogP contribution >= 0.6 is 0 Å². The Kier molecular flexibility index (Phi) is 4.58. The number of hydrogen-bond donors (Lipinski definition) is 2. The zero-order valence-corrected chi connectivity index (χ0v) is 11.7. The first-order valence-corrected chi connectivity index (χ1v) is 6.73. The average Bonchev–Trinajstić information content (AvgIpc) is 2.44. The maximum atomic E-state index is 12.1. The van der Waals surface area contributed by atoms with Gasteiger partial charge in [0.25, 0.3) is 5.91 Å². The van der Waals surface area contributed by atoms with Gasteiger partial charge in [0.05, 0.1) is 11.7 Å². The molecular weight excluding hydrogens is 254 g/mol. The molecule has 0 saturated heterocycles. The van der Waals surface area contributed by atoms with Gasteiger partial charge in [-0.1, -0.05) is 24.3 Å². The Morgan fingerprint density at radius 2 is 1.95 bits per heavy atom. The van der Waals surface area contributed by atoms with E-state index in [-0.39, 0.29) is 23.3 Å². The van der Waals surface area contributed by atoms with Crippen LogP contribution in [-0.2, 0) is 4.74 Å². The third-order valence-corrected chi connectivity index (χ3v) is 3.11. The van der Waals surface area contributed by atoms with E-state index in [0.717, 1.165) is 10.8 Å². The van der Waals surface area contributed by atoms with Gasteiger partial charge >= 0.3 is 0 Å². The van der Waals surface area contributed by atoms with Gasteiger partial charge < -0.3 is 15.2 Å². The number of carbonyl (C=O) groups is 1. The molecule has 106 valence electrons. The van der Waals surface area contributed by atoms with Crippen LogP contribution in [0.4, 0.5) is 0 Å². The molecule has 1 unspecified atom stereocenters. The van der Waals surface area contributed by atoms with Crippen molar-refractivity contribution in [3.63, 3.8) is 0 Å². The van der Waals surface area contributed by atoms with Crippen molar-refractivity contribution in [3.8, 4) is 5.75 Å². The minimum atomic E-state index is -0.292. The molecule has 0 aliphatic rings. The van der Waals surface area contributed by atoms with E-state index >= 15 is 0 Å². The predicted octanol–water partition coefficient (Wildman–Crippen LogP) is 2.70. The van der Waals surface area contributed by atoms with Crippen molar-refractivity contribution in [2.75, 3.05) is 13.2 Å². The zero-order chi connectivity index (χ0) is 14.5. The third kappa shape index (κ3) is 3.27. The number of ether oxygens (including phenoxy) is 1. The van der Waals surface area contributed by atoms with E-state index in [1.54, 1.807) is 12.1 Å². The van der Waals surface area contributed by atoms with E-state index in [0.29, 0.717) is 13.2 Å². The molecule has 2 rings (SSSR count). The third-order valence-electron chi connectivity index (χ3n) is 3.11. The van der Waals surface area contributed by atoms with Gasteiger partial charge in [-0.2, -0.15) is 0 Å². The Bertz CT molecular complexity index is 610. The number of aromatic hydroxyl groups is 1. The second-order valence-corrected chi connectivity index (χ2v) is 4.69. The molecule has 0 heterocycles. The van der Waals surface area contributed by atoms with Crippen molar-refractivity contribution >= 4 is 16.7 Å². The van der Waals surface area contributed by atoms with E-state index in [2.05, 4.69) is 5.32 Å². The number of fused-ring (bicyclic) bond motifs is 1. The summed E-state index contributed by atoms with van der Waals surface area (Å²) in [7, 11) is 0. The van der Waals surface area contributed by atoms with Crippen LogP contribution in [-0.4, -0.2) is 30.3 Å². The number of phenolic OH excluding ortho intramolecular Hbond substituents is 1. The van der Waals surface area contributed by atoms with Crippen molar-refractivity contribution in [3.05, 3.63) is 42.0 Å². The minimum Gasteiger partial charge on any atom is -0.507 e. The zero-order valence-electron chi connectivity index (χ0n) is 11.7. The van der Waals surface area contributed by atoms with Crippen LogP contribution in [0.1, 0.15) is 24.2 Å². The van der Waals surface area contributed by atoms with Crippen molar-refractivity contribution < 1.29 is 14.6 Å². The van der Waals surface area contributed by atoms with Gasteiger partial charge in [-0.3, -0.25) is 4.79 Å². The van der Waals surface area contributed by atoms with Crippen LogP contribution in [0.15, 0.2) is 36.4 Å². The molecule has 4 nitrogen and oxygen atoms in total. The molecule has 2 N–H and O–H groups in total. The van der Waals surface area contributed by atoms with E-state index in [4.69, 9.17) is 4.74 Å². The lowest BCUT2D eigenvalue weighted by atomic mass is 10.1. The summed E-state index contributed by atoms with van der Waals surface area (Å²) >= 11 is 0. The van der Waals surface area contributed by atoms with Crippen LogP contribution in [0.25, 0.3) is 10.8 Å². The molecule has 0 aliphatic heterocycles. The Morgan fingerprint density at radius 3 is 2.60 bits per heavy atom. The van der Waals surface area contributed by atoms with E-state index in [1.165, 1.54) is 0 Å². The lowest BCUT2D eigenvalue weighted by Crippen LogP contribution is -2.32. The molecule has 0 aromatic heterocycles. The summed E-state index contributed by atoms with van der Waals surface area (Å²) in [6.45, 7) is 4.83. The molecule has 4 heteroatoms. The van der Waals surface area contributed by atoms with Crippen molar-refractivity contribution in [2.24, 2.45) is 0 Å². The molecule has 0 fully saturated rings. The monoisotopic (exact) mass is 273 g/mol. The van der Waals surface area contributed by atoms with Crippen LogP contribution in [0, 0.1) is 0 Å². The average molecular weight is 273 g/mol. The minimum absolute atomic E-state index is 0.00902. The van der Waals surface area contributed by atoms with E-state index in [9.17, 15) is 9.90 Å². The largest absolute Gasteiger partial charge is 0.507 e. The van der Waals surface area contributed by atoms with E-state index < -0.39 is 0 Å². The van der Waals surface area contributed by atoms with Crippen LogP contribution in [0.2, 0.25) is 0 Å². The smallest absolute Gasteiger partial charge is 0.255 e. The highest BCUT2D eigenvalue weighted by atomic mass is 16.5. The maximum absolute atomic E-state index is 12.1. The Labute approximate surface area is 118 Å². The van der Waals surface area contributed by atoms with Crippen molar-refractivity contribution in [1.29, 1.82) is 0 Å². The molecule has 20 heavy (non-hydrogen) atoms. The number of rotatable bonds is 5. The fourth-order valence-corrected chi connectivity index (χ4v) is 2.09. The summed E-state index contributed by atoms with van der Waals surface area (Å²) in [6, 6.07) is 10.9. The topological polar surface area (TPSA) is 58.6 Å². The maximum Gasteiger partial charge on any atom is 0.255 e. The highest BCUT2D eigenvalue weighted by molar-refractivity contribution is 6.01. The molecule has 0 spiro atoms. The molecule has 0 radical (unpaired) electrons. The fourth-order valence-electron chi connectivity index (χ4n) is 2.09.